The first-order valence-electron chi connectivity index (χ1n) is 6.27. The van der Waals surface area contributed by atoms with E-state index < -0.39 is 0 Å². The fourth-order valence-corrected chi connectivity index (χ4v) is 2.01. The van der Waals surface area contributed by atoms with Crippen molar-refractivity contribution in [2.75, 3.05) is 13.6 Å². The number of likely N-dealkylation sites (N-methyl/N-ethyl adjacent to an activating group) is 1. The van der Waals surface area contributed by atoms with Gasteiger partial charge in [-0.2, -0.15) is 0 Å². The molecule has 0 saturated carbocycles. The van der Waals surface area contributed by atoms with E-state index >= 15 is 0 Å². The molecule has 2 N–H and O–H groups in total. The van der Waals surface area contributed by atoms with Gasteiger partial charge in [0, 0.05) is 24.7 Å². The van der Waals surface area contributed by atoms with Crippen molar-refractivity contribution in [3.63, 3.8) is 0 Å². The smallest absolute Gasteiger partial charge is 0.130 e. The van der Waals surface area contributed by atoms with Crippen LogP contribution in [0.5, 0.6) is 0 Å². The first-order chi connectivity index (χ1) is 9.36. The normalized spacial score (nSPS) is 11.0. The van der Waals surface area contributed by atoms with Crippen LogP contribution < -0.4 is 5.32 Å². The molecule has 0 spiro atoms. The van der Waals surface area contributed by atoms with Crippen LogP contribution in [0.25, 0.3) is 22.3 Å². The number of hydrogen-bond acceptors (Lipinski definition) is 4. The third kappa shape index (κ3) is 2.46. The van der Waals surface area contributed by atoms with Gasteiger partial charge < -0.3 is 10.3 Å². The molecule has 0 unspecified atom stereocenters. The Labute approximate surface area is 111 Å². The van der Waals surface area contributed by atoms with Crippen LogP contribution in [0.1, 0.15) is 5.82 Å². The van der Waals surface area contributed by atoms with Gasteiger partial charge in [0.2, 0.25) is 0 Å². The molecule has 0 aliphatic rings. The molecule has 5 heteroatoms. The molecule has 0 saturated heterocycles. The number of rotatable bonds is 4. The summed E-state index contributed by atoms with van der Waals surface area (Å²) < 4.78 is 0. The van der Waals surface area contributed by atoms with E-state index in [2.05, 4.69) is 31.3 Å². The highest BCUT2D eigenvalue weighted by atomic mass is 14.9. The Balaban J connectivity index is 1.95. The van der Waals surface area contributed by atoms with Gasteiger partial charge >= 0.3 is 0 Å². The number of benzene rings is 1. The summed E-state index contributed by atoms with van der Waals surface area (Å²) in [5.41, 5.74) is 4.00. The average molecular weight is 253 g/mol. The van der Waals surface area contributed by atoms with Gasteiger partial charge in [0.25, 0.3) is 0 Å². The van der Waals surface area contributed by atoms with Crippen molar-refractivity contribution >= 4 is 11.0 Å². The topological polar surface area (TPSA) is 66.5 Å². The SMILES string of the molecule is CNCCc1nccc(-c2ccc3nc[nH]c3c2)n1. The van der Waals surface area contributed by atoms with E-state index in [9.17, 15) is 0 Å². The molecule has 0 atom stereocenters. The van der Waals surface area contributed by atoms with Crippen LogP contribution >= 0.6 is 0 Å². The second-order valence-electron chi connectivity index (χ2n) is 4.35. The van der Waals surface area contributed by atoms with Crippen LogP contribution in [-0.2, 0) is 6.42 Å². The minimum Gasteiger partial charge on any atom is -0.345 e. The predicted octanol–water partition coefficient (Wildman–Crippen LogP) is 1.78. The number of hydrogen-bond donors (Lipinski definition) is 2. The van der Waals surface area contributed by atoms with E-state index in [1.54, 1.807) is 6.33 Å². The fourth-order valence-electron chi connectivity index (χ4n) is 2.01. The highest BCUT2D eigenvalue weighted by molar-refractivity contribution is 5.80. The van der Waals surface area contributed by atoms with E-state index in [4.69, 9.17) is 0 Å². The quantitative estimate of drug-likeness (QED) is 0.744. The molecule has 0 aliphatic heterocycles. The third-order valence-corrected chi connectivity index (χ3v) is 3.02. The maximum atomic E-state index is 4.59. The molecule has 0 fully saturated rings. The molecule has 0 aliphatic carbocycles. The van der Waals surface area contributed by atoms with Crippen molar-refractivity contribution in [3.8, 4) is 11.3 Å². The zero-order chi connectivity index (χ0) is 13.1. The van der Waals surface area contributed by atoms with Crippen LogP contribution in [0.15, 0.2) is 36.8 Å². The van der Waals surface area contributed by atoms with Crippen LogP contribution in [0.3, 0.4) is 0 Å². The summed E-state index contributed by atoms with van der Waals surface area (Å²) in [4.78, 5) is 16.2. The fraction of sp³-hybridized carbons (Fsp3) is 0.214. The molecule has 2 aromatic heterocycles. The summed E-state index contributed by atoms with van der Waals surface area (Å²) in [5.74, 6) is 0.858. The Morgan fingerprint density at radius 1 is 1.21 bits per heavy atom. The van der Waals surface area contributed by atoms with E-state index in [1.807, 2.05) is 31.4 Å². The molecule has 1 aromatic carbocycles. The largest absolute Gasteiger partial charge is 0.345 e. The monoisotopic (exact) mass is 253 g/mol. The molecular weight excluding hydrogens is 238 g/mol. The summed E-state index contributed by atoms with van der Waals surface area (Å²) >= 11 is 0. The lowest BCUT2D eigenvalue weighted by Crippen LogP contribution is -2.12. The molecule has 0 radical (unpaired) electrons. The zero-order valence-corrected chi connectivity index (χ0v) is 10.7. The highest BCUT2D eigenvalue weighted by Crippen LogP contribution is 2.20. The lowest BCUT2D eigenvalue weighted by molar-refractivity contribution is 0.756. The van der Waals surface area contributed by atoms with Gasteiger partial charge in [-0.1, -0.05) is 6.07 Å². The number of aromatic nitrogens is 4. The number of imidazole rings is 1. The van der Waals surface area contributed by atoms with Gasteiger partial charge in [-0.25, -0.2) is 15.0 Å². The van der Waals surface area contributed by atoms with E-state index in [-0.39, 0.29) is 0 Å². The van der Waals surface area contributed by atoms with Crippen molar-refractivity contribution in [2.24, 2.45) is 0 Å². The molecule has 96 valence electrons. The molecule has 3 rings (SSSR count). The number of fused-ring (bicyclic) bond motifs is 1. The zero-order valence-electron chi connectivity index (χ0n) is 10.7. The van der Waals surface area contributed by atoms with E-state index in [0.717, 1.165) is 41.1 Å². The van der Waals surface area contributed by atoms with E-state index in [1.165, 1.54) is 0 Å². The number of aromatic amines is 1. The van der Waals surface area contributed by atoms with Crippen molar-refractivity contribution in [1.29, 1.82) is 0 Å². The minimum atomic E-state index is 0.830. The molecule has 2 heterocycles. The maximum absolute atomic E-state index is 4.59. The predicted molar refractivity (Wildman–Crippen MR) is 74.8 cm³/mol. The lowest BCUT2D eigenvalue weighted by atomic mass is 10.1. The first kappa shape index (κ1) is 11.8. The number of H-pyrrole nitrogens is 1. The van der Waals surface area contributed by atoms with Crippen molar-refractivity contribution in [2.45, 2.75) is 6.42 Å². The Hall–Kier alpha value is -2.27. The molecule has 5 nitrogen and oxygen atoms in total. The van der Waals surface area contributed by atoms with Gasteiger partial charge in [-0.05, 0) is 25.2 Å². The highest BCUT2D eigenvalue weighted by Gasteiger charge is 2.04. The second-order valence-corrected chi connectivity index (χ2v) is 4.35. The Kier molecular flexibility index (Phi) is 3.20. The summed E-state index contributed by atoms with van der Waals surface area (Å²) in [6.45, 7) is 0.878. The molecule has 0 bridgehead atoms. The van der Waals surface area contributed by atoms with E-state index in [0.29, 0.717) is 0 Å². The van der Waals surface area contributed by atoms with Crippen LogP contribution in [0.2, 0.25) is 0 Å². The van der Waals surface area contributed by atoms with Gasteiger partial charge in [0.1, 0.15) is 5.82 Å². The Bertz CT molecular complexity index is 689. The minimum absolute atomic E-state index is 0.830. The van der Waals surface area contributed by atoms with Crippen molar-refractivity contribution in [1.82, 2.24) is 25.3 Å². The second kappa shape index (κ2) is 5.16. The van der Waals surface area contributed by atoms with Gasteiger partial charge in [-0.15, -0.1) is 0 Å². The maximum Gasteiger partial charge on any atom is 0.130 e. The summed E-state index contributed by atoms with van der Waals surface area (Å²) in [5, 5.41) is 3.10. The lowest BCUT2D eigenvalue weighted by Gasteiger charge is -2.04. The van der Waals surface area contributed by atoms with Crippen molar-refractivity contribution in [3.05, 3.63) is 42.6 Å². The van der Waals surface area contributed by atoms with Gasteiger partial charge in [-0.3, -0.25) is 0 Å². The van der Waals surface area contributed by atoms with Gasteiger partial charge in [0.15, 0.2) is 0 Å². The molecule has 19 heavy (non-hydrogen) atoms. The molecule has 0 amide bonds. The van der Waals surface area contributed by atoms with Crippen molar-refractivity contribution < 1.29 is 0 Å². The summed E-state index contributed by atoms with van der Waals surface area (Å²) in [6.07, 6.45) is 4.34. The number of nitrogens with one attached hydrogen (secondary N) is 2. The summed E-state index contributed by atoms with van der Waals surface area (Å²) in [6, 6.07) is 8.02. The standard InChI is InChI=1S/C14H15N5/c1-15-6-5-14-16-7-4-11(19-14)10-2-3-12-13(8-10)18-9-17-12/h2-4,7-9,15H,5-6H2,1H3,(H,17,18). The van der Waals surface area contributed by atoms with Crippen LogP contribution in [0, 0.1) is 0 Å². The average Bonchev–Trinajstić information content (AvgIpc) is 2.92. The number of nitrogens with zero attached hydrogens (tertiary/aromatic N) is 3. The third-order valence-electron chi connectivity index (χ3n) is 3.02. The first-order valence-corrected chi connectivity index (χ1v) is 6.27. The molecule has 3 aromatic rings. The summed E-state index contributed by atoms with van der Waals surface area (Å²) in [7, 11) is 1.93. The van der Waals surface area contributed by atoms with Gasteiger partial charge in [0.05, 0.1) is 23.1 Å². The van der Waals surface area contributed by atoms with Crippen LogP contribution in [-0.4, -0.2) is 33.5 Å². The van der Waals surface area contributed by atoms with Crippen LogP contribution in [0.4, 0.5) is 0 Å². The molecular formula is C14H15N5. The Morgan fingerprint density at radius 3 is 3.05 bits per heavy atom. The Morgan fingerprint density at radius 2 is 2.16 bits per heavy atom.